The summed E-state index contributed by atoms with van der Waals surface area (Å²) in [6.07, 6.45) is 1.26. The lowest BCUT2D eigenvalue weighted by Crippen LogP contribution is -2.36. The Morgan fingerprint density at radius 3 is 2.90 bits per heavy atom. The summed E-state index contributed by atoms with van der Waals surface area (Å²) in [5, 5.41) is 27.3. The number of anilines is 1. The third-order valence-corrected chi connectivity index (χ3v) is 3.42. The zero-order valence-corrected chi connectivity index (χ0v) is 10.2. The van der Waals surface area contributed by atoms with Crippen LogP contribution in [0.1, 0.15) is 12.8 Å². The number of benzene rings is 1. The molecule has 20 heavy (non-hydrogen) atoms. The molecule has 0 bridgehead atoms. The van der Waals surface area contributed by atoms with Gasteiger partial charge in [-0.3, -0.25) is 10.1 Å². The number of rotatable bonds is 3. The second kappa shape index (κ2) is 4.44. The van der Waals surface area contributed by atoms with Gasteiger partial charge < -0.3 is 10.0 Å². The Bertz CT molecular complexity index is 697. The van der Waals surface area contributed by atoms with E-state index < -0.39 is 16.9 Å². The molecule has 0 radical (unpaired) electrons. The van der Waals surface area contributed by atoms with E-state index in [0.29, 0.717) is 18.7 Å². The first-order valence-corrected chi connectivity index (χ1v) is 5.98. The van der Waals surface area contributed by atoms with Gasteiger partial charge in [-0.1, -0.05) is 0 Å². The fourth-order valence-corrected chi connectivity index (χ4v) is 2.53. The summed E-state index contributed by atoms with van der Waals surface area (Å²) in [6.45, 7) is 0.552. The number of carbonyl (C=O) groups is 1. The van der Waals surface area contributed by atoms with E-state index in [1.54, 1.807) is 4.90 Å². The van der Waals surface area contributed by atoms with Crippen molar-refractivity contribution in [3.63, 3.8) is 0 Å². The molecule has 2 heterocycles. The van der Waals surface area contributed by atoms with Crippen molar-refractivity contribution >= 4 is 28.4 Å². The van der Waals surface area contributed by atoms with Crippen molar-refractivity contribution in [2.45, 2.75) is 18.9 Å². The minimum absolute atomic E-state index is 0.0311. The molecule has 1 atom stereocenters. The maximum absolute atomic E-state index is 11.2. The Kier molecular flexibility index (Phi) is 2.74. The molecule has 1 saturated heterocycles. The van der Waals surface area contributed by atoms with Gasteiger partial charge in [0.2, 0.25) is 5.52 Å². The lowest BCUT2D eigenvalue weighted by Gasteiger charge is -2.23. The summed E-state index contributed by atoms with van der Waals surface area (Å²) >= 11 is 0. The van der Waals surface area contributed by atoms with Crippen molar-refractivity contribution in [1.29, 1.82) is 0 Å². The lowest BCUT2D eigenvalue weighted by atomic mass is 10.2. The number of nitro groups is 1. The number of non-ortho nitro benzene ring substituents is 1. The number of aliphatic carboxylic acids is 1. The molecule has 1 fully saturated rings. The first kappa shape index (κ1) is 12.3. The molecular weight excluding hydrogens is 268 g/mol. The molecule has 0 amide bonds. The topological polar surface area (TPSA) is 123 Å². The van der Waals surface area contributed by atoms with E-state index in [1.807, 2.05) is 0 Å². The van der Waals surface area contributed by atoms with Crippen molar-refractivity contribution in [3.8, 4) is 0 Å². The monoisotopic (exact) mass is 278 g/mol. The van der Waals surface area contributed by atoms with Crippen molar-refractivity contribution in [2.75, 3.05) is 11.4 Å². The normalized spacial score (nSPS) is 18.6. The van der Waals surface area contributed by atoms with Crippen LogP contribution >= 0.6 is 0 Å². The van der Waals surface area contributed by atoms with Gasteiger partial charge in [0.15, 0.2) is 5.52 Å². The molecule has 1 aromatic carbocycles. The second-order valence-corrected chi connectivity index (χ2v) is 4.51. The van der Waals surface area contributed by atoms with Crippen LogP contribution in [0.3, 0.4) is 0 Å². The Morgan fingerprint density at radius 1 is 1.45 bits per heavy atom. The molecule has 9 heteroatoms. The number of aromatic nitrogens is 2. The van der Waals surface area contributed by atoms with E-state index in [4.69, 9.17) is 0 Å². The highest BCUT2D eigenvalue weighted by Gasteiger charge is 2.33. The van der Waals surface area contributed by atoms with Crippen LogP contribution in [-0.4, -0.2) is 38.9 Å². The molecule has 1 aliphatic heterocycles. The molecule has 104 valence electrons. The molecular formula is C11H10N4O5. The van der Waals surface area contributed by atoms with Gasteiger partial charge in [0.1, 0.15) is 6.04 Å². The Labute approximate surface area is 111 Å². The van der Waals surface area contributed by atoms with Gasteiger partial charge in [-0.2, -0.15) is 0 Å². The van der Waals surface area contributed by atoms with Gasteiger partial charge in [0.25, 0.3) is 0 Å². The van der Waals surface area contributed by atoms with Crippen molar-refractivity contribution in [2.24, 2.45) is 0 Å². The van der Waals surface area contributed by atoms with Crippen molar-refractivity contribution in [1.82, 2.24) is 10.3 Å². The SMILES string of the molecule is O=C(O)[C@H]1CCCN1c1ccc([N+](=O)[O-])c2nonc12. The predicted octanol–water partition coefficient (Wildman–Crippen LogP) is 1.18. The number of hydrogen-bond acceptors (Lipinski definition) is 7. The molecule has 0 unspecified atom stereocenters. The average molecular weight is 278 g/mol. The minimum atomic E-state index is -0.926. The maximum Gasteiger partial charge on any atom is 0.326 e. The largest absolute Gasteiger partial charge is 0.480 e. The van der Waals surface area contributed by atoms with Crippen LogP contribution in [0.5, 0.6) is 0 Å². The maximum atomic E-state index is 11.2. The zero-order valence-electron chi connectivity index (χ0n) is 10.2. The number of fused-ring (bicyclic) bond motifs is 1. The molecule has 2 aromatic rings. The molecule has 0 spiro atoms. The quantitative estimate of drug-likeness (QED) is 0.655. The minimum Gasteiger partial charge on any atom is -0.480 e. The van der Waals surface area contributed by atoms with E-state index >= 15 is 0 Å². The van der Waals surface area contributed by atoms with Crippen LogP contribution in [0, 0.1) is 10.1 Å². The van der Waals surface area contributed by atoms with Crippen LogP contribution in [0.2, 0.25) is 0 Å². The van der Waals surface area contributed by atoms with Crippen LogP contribution in [0.25, 0.3) is 11.0 Å². The van der Waals surface area contributed by atoms with E-state index in [-0.39, 0.29) is 16.7 Å². The third kappa shape index (κ3) is 1.75. The first-order valence-electron chi connectivity index (χ1n) is 5.98. The van der Waals surface area contributed by atoms with Crippen LogP contribution in [-0.2, 0) is 4.79 Å². The van der Waals surface area contributed by atoms with Gasteiger partial charge >= 0.3 is 11.7 Å². The fraction of sp³-hybridized carbons (Fsp3) is 0.364. The highest BCUT2D eigenvalue weighted by atomic mass is 16.6. The third-order valence-electron chi connectivity index (χ3n) is 3.42. The fourth-order valence-electron chi connectivity index (χ4n) is 2.53. The first-order chi connectivity index (χ1) is 9.59. The van der Waals surface area contributed by atoms with Crippen LogP contribution in [0.15, 0.2) is 16.8 Å². The molecule has 1 aliphatic rings. The molecule has 1 aromatic heterocycles. The molecule has 9 nitrogen and oxygen atoms in total. The van der Waals surface area contributed by atoms with Gasteiger partial charge in [-0.25, -0.2) is 9.42 Å². The predicted molar refractivity (Wildman–Crippen MR) is 66.5 cm³/mol. The smallest absolute Gasteiger partial charge is 0.326 e. The summed E-state index contributed by atoms with van der Waals surface area (Å²) in [5.41, 5.74) is 0.531. The van der Waals surface area contributed by atoms with Gasteiger partial charge in [-0.05, 0) is 29.2 Å². The summed E-state index contributed by atoms with van der Waals surface area (Å²) in [4.78, 5) is 23.2. The number of nitrogens with zero attached hydrogens (tertiary/aromatic N) is 4. The van der Waals surface area contributed by atoms with Gasteiger partial charge in [0.05, 0.1) is 10.6 Å². The van der Waals surface area contributed by atoms with E-state index in [1.165, 1.54) is 12.1 Å². The second-order valence-electron chi connectivity index (χ2n) is 4.51. The van der Waals surface area contributed by atoms with Gasteiger partial charge in [0, 0.05) is 12.6 Å². The van der Waals surface area contributed by atoms with E-state index in [2.05, 4.69) is 14.9 Å². The number of carboxylic acids is 1. The summed E-state index contributed by atoms with van der Waals surface area (Å²) in [7, 11) is 0. The van der Waals surface area contributed by atoms with Crippen LogP contribution in [0.4, 0.5) is 11.4 Å². The summed E-state index contributed by atoms with van der Waals surface area (Å²) in [6, 6.07) is 2.13. The Balaban J connectivity index is 2.13. The van der Waals surface area contributed by atoms with Gasteiger partial charge in [-0.15, -0.1) is 0 Å². The summed E-state index contributed by atoms with van der Waals surface area (Å²) < 4.78 is 4.57. The van der Waals surface area contributed by atoms with Crippen molar-refractivity contribution < 1.29 is 19.5 Å². The standard InChI is InChI=1S/C11H10N4O5/c16-11(17)8-2-1-5-14(8)6-3-4-7(15(18)19)10-9(6)12-20-13-10/h3-4,8H,1-2,5H2,(H,16,17)/t8-/m1/s1. The average Bonchev–Trinajstić information content (AvgIpc) is 3.06. The molecule has 3 rings (SSSR count). The van der Waals surface area contributed by atoms with E-state index in [0.717, 1.165) is 6.42 Å². The number of carboxylic acid groups (broad SMARTS) is 1. The highest BCUT2D eigenvalue weighted by Crippen LogP contribution is 2.34. The van der Waals surface area contributed by atoms with Crippen LogP contribution < -0.4 is 4.90 Å². The van der Waals surface area contributed by atoms with Crippen molar-refractivity contribution in [3.05, 3.63) is 22.2 Å². The molecule has 0 saturated carbocycles. The molecule has 0 aliphatic carbocycles. The Hall–Kier alpha value is -2.71. The lowest BCUT2D eigenvalue weighted by molar-refractivity contribution is -0.383. The highest BCUT2D eigenvalue weighted by molar-refractivity contribution is 5.95. The Morgan fingerprint density at radius 2 is 2.20 bits per heavy atom. The number of nitro benzene ring substituents is 1. The number of hydrogen-bond donors (Lipinski definition) is 1. The summed E-state index contributed by atoms with van der Waals surface area (Å²) in [5.74, 6) is -0.926. The van der Waals surface area contributed by atoms with E-state index in [9.17, 15) is 20.0 Å². The zero-order chi connectivity index (χ0) is 14.3. The molecule has 1 N–H and O–H groups in total.